The lowest BCUT2D eigenvalue weighted by Crippen LogP contribution is -2.47. The molecule has 0 aromatic heterocycles. The molecule has 0 saturated carbocycles. The summed E-state index contributed by atoms with van der Waals surface area (Å²) < 4.78 is 11.0. The molecule has 24 heavy (non-hydrogen) atoms. The number of hydrazine groups is 1. The number of imide groups is 1. The maximum Gasteiger partial charge on any atom is 0.270 e. The van der Waals surface area contributed by atoms with Crippen LogP contribution in [-0.4, -0.2) is 41.5 Å². The molecule has 3 fully saturated rings. The number of hydrogen-bond acceptors (Lipinski definition) is 5. The van der Waals surface area contributed by atoms with Gasteiger partial charge in [0.25, 0.3) is 17.7 Å². The number of rotatable bonds is 4. The molecule has 0 unspecified atom stereocenters. The van der Waals surface area contributed by atoms with E-state index in [0.717, 1.165) is 17.9 Å². The molecular weight excluding hydrogens is 312 g/mol. The number of carbonyl (C=O) groups excluding carboxylic acids is 3. The number of amides is 3. The zero-order valence-electron chi connectivity index (χ0n) is 13.2. The van der Waals surface area contributed by atoms with Gasteiger partial charge >= 0.3 is 0 Å². The van der Waals surface area contributed by atoms with Crippen LogP contribution in [0.2, 0.25) is 0 Å². The second kappa shape index (κ2) is 5.59. The number of carbonyl (C=O) groups is 3. The third-order valence-corrected chi connectivity index (χ3v) is 4.90. The lowest BCUT2D eigenvalue weighted by atomic mass is 9.81. The van der Waals surface area contributed by atoms with E-state index in [0.29, 0.717) is 17.9 Å². The highest BCUT2D eigenvalue weighted by molar-refractivity contribution is 6.08. The van der Waals surface area contributed by atoms with Crippen LogP contribution in [0.15, 0.2) is 24.3 Å². The third-order valence-electron chi connectivity index (χ3n) is 4.90. The van der Waals surface area contributed by atoms with Gasteiger partial charge in [0.15, 0.2) is 0 Å². The SMILES string of the molecule is CCOc1cccc(C(=O)NN2C(=O)[C@@H]3[C@H](C2=O)[C@@H]2CC[C@@H]3O2)c1. The van der Waals surface area contributed by atoms with Gasteiger partial charge in [-0.2, -0.15) is 5.01 Å². The maximum absolute atomic E-state index is 12.5. The number of ether oxygens (including phenoxy) is 2. The van der Waals surface area contributed by atoms with E-state index in [4.69, 9.17) is 9.47 Å². The van der Waals surface area contributed by atoms with Gasteiger partial charge in [0.05, 0.1) is 30.7 Å². The Labute approximate surface area is 138 Å². The van der Waals surface area contributed by atoms with Gasteiger partial charge in [0, 0.05) is 5.56 Å². The van der Waals surface area contributed by atoms with Crippen LogP contribution in [0.25, 0.3) is 0 Å². The predicted molar refractivity (Wildman–Crippen MR) is 81.8 cm³/mol. The minimum atomic E-state index is -0.508. The molecule has 7 heteroatoms. The highest BCUT2D eigenvalue weighted by Gasteiger charge is 2.62. The van der Waals surface area contributed by atoms with Gasteiger partial charge in [-0.25, -0.2) is 0 Å². The topological polar surface area (TPSA) is 84.9 Å². The van der Waals surface area contributed by atoms with Gasteiger partial charge in [-0.15, -0.1) is 0 Å². The van der Waals surface area contributed by atoms with Crippen molar-refractivity contribution in [2.75, 3.05) is 6.61 Å². The number of nitrogens with one attached hydrogen (secondary N) is 1. The van der Waals surface area contributed by atoms with Crippen LogP contribution in [0.5, 0.6) is 5.75 Å². The Morgan fingerprint density at radius 1 is 1.25 bits per heavy atom. The Morgan fingerprint density at radius 2 is 1.92 bits per heavy atom. The fraction of sp³-hybridized carbons (Fsp3) is 0.471. The van der Waals surface area contributed by atoms with Crippen LogP contribution in [-0.2, 0) is 14.3 Å². The van der Waals surface area contributed by atoms with Crippen LogP contribution in [0.1, 0.15) is 30.1 Å². The highest BCUT2D eigenvalue weighted by atomic mass is 16.5. The number of fused-ring (bicyclic) bond motifs is 5. The second-order valence-corrected chi connectivity index (χ2v) is 6.26. The van der Waals surface area contributed by atoms with Crippen LogP contribution in [0.3, 0.4) is 0 Å². The van der Waals surface area contributed by atoms with Crippen molar-refractivity contribution in [3.63, 3.8) is 0 Å². The van der Waals surface area contributed by atoms with Gasteiger partial charge in [-0.3, -0.25) is 19.8 Å². The Hall–Kier alpha value is -2.41. The summed E-state index contributed by atoms with van der Waals surface area (Å²) in [5.74, 6) is -1.59. The van der Waals surface area contributed by atoms with E-state index in [1.165, 1.54) is 0 Å². The van der Waals surface area contributed by atoms with E-state index in [2.05, 4.69) is 5.43 Å². The summed E-state index contributed by atoms with van der Waals surface area (Å²) in [4.78, 5) is 37.4. The van der Waals surface area contributed by atoms with Gasteiger partial charge in [0.1, 0.15) is 5.75 Å². The Balaban J connectivity index is 1.51. The van der Waals surface area contributed by atoms with E-state index in [1.807, 2.05) is 6.92 Å². The van der Waals surface area contributed by atoms with Crippen molar-refractivity contribution >= 4 is 17.7 Å². The van der Waals surface area contributed by atoms with Gasteiger partial charge in [-0.1, -0.05) is 6.07 Å². The smallest absolute Gasteiger partial charge is 0.270 e. The van der Waals surface area contributed by atoms with Crippen LogP contribution < -0.4 is 10.2 Å². The van der Waals surface area contributed by atoms with E-state index >= 15 is 0 Å². The van der Waals surface area contributed by atoms with E-state index < -0.39 is 17.7 Å². The quantitative estimate of drug-likeness (QED) is 0.829. The summed E-state index contributed by atoms with van der Waals surface area (Å²) in [5.41, 5.74) is 2.78. The standard InChI is InChI=1S/C17H18N2O5/c1-2-23-10-5-3-4-9(8-10)15(20)18-19-16(21)13-11-6-7-12(24-11)14(13)17(19)22/h3-5,8,11-14H,2,6-7H2,1H3,(H,18,20)/t11-,12-,13-,14+/m0/s1. The summed E-state index contributed by atoms with van der Waals surface area (Å²) in [7, 11) is 0. The first-order chi connectivity index (χ1) is 11.6. The lowest BCUT2D eigenvalue weighted by molar-refractivity contribution is -0.145. The molecular formula is C17H18N2O5. The molecule has 3 heterocycles. The zero-order chi connectivity index (χ0) is 16.8. The highest BCUT2D eigenvalue weighted by Crippen LogP contribution is 2.48. The molecule has 1 aromatic carbocycles. The normalized spacial score (nSPS) is 30.6. The molecule has 7 nitrogen and oxygen atoms in total. The molecule has 1 N–H and O–H groups in total. The molecule has 3 amide bonds. The Kier molecular flexibility index (Phi) is 3.53. The van der Waals surface area contributed by atoms with Crippen molar-refractivity contribution in [2.24, 2.45) is 11.8 Å². The van der Waals surface area contributed by atoms with Crippen LogP contribution >= 0.6 is 0 Å². The monoisotopic (exact) mass is 330 g/mol. The Morgan fingerprint density at radius 3 is 2.54 bits per heavy atom. The first-order valence-electron chi connectivity index (χ1n) is 8.17. The first-order valence-corrected chi connectivity index (χ1v) is 8.17. The van der Waals surface area contributed by atoms with Gasteiger partial charge in [-0.05, 0) is 38.0 Å². The molecule has 3 aliphatic heterocycles. The number of nitrogens with zero attached hydrogens (tertiary/aromatic N) is 1. The first kappa shape index (κ1) is 15.1. The lowest BCUT2D eigenvalue weighted by Gasteiger charge is -2.18. The van der Waals surface area contributed by atoms with E-state index in [1.54, 1.807) is 24.3 Å². The molecule has 2 bridgehead atoms. The van der Waals surface area contributed by atoms with Gasteiger partial charge in [0.2, 0.25) is 0 Å². The van der Waals surface area contributed by atoms with Crippen molar-refractivity contribution in [2.45, 2.75) is 32.0 Å². The summed E-state index contributed by atoms with van der Waals surface area (Å²) in [6, 6.07) is 6.62. The predicted octanol–water partition coefficient (Wildman–Crippen LogP) is 0.892. The maximum atomic E-state index is 12.5. The molecule has 0 radical (unpaired) electrons. The number of benzene rings is 1. The largest absolute Gasteiger partial charge is 0.494 e. The van der Waals surface area contributed by atoms with Crippen molar-refractivity contribution < 1.29 is 23.9 Å². The fourth-order valence-corrected chi connectivity index (χ4v) is 3.88. The third kappa shape index (κ3) is 2.19. The van der Waals surface area contributed by atoms with Gasteiger partial charge < -0.3 is 9.47 Å². The molecule has 3 saturated heterocycles. The van der Waals surface area contributed by atoms with Crippen molar-refractivity contribution in [3.05, 3.63) is 29.8 Å². The minimum absolute atomic E-state index is 0.195. The summed E-state index contributed by atoms with van der Waals surface area (Å²) >= 11 is 0. The Bertz CT molecular complexity index is 691. The average molecular weight is 330 g/mol. The van der Waals surface area contributed by atoms with Crippen molar-refractivity contribution in [3.8, 4) is 5.75 Å². The molecule has 126 valence electrons. The minimum Gasteiger partial charge on any atom is -0.494 e. The molecule has 0 spiro atoms. The van der Waals surface area contributed by atoms with Crippen LogP contribution in [0, 0.1) is 11.8 Å². The second-order valence-electron chi connectivity index (χ2n) is 6.26. The molecule has 4 atom stereocenters. The van der Waals surface area contributed by atoms with E-state index in [-0.39, 0.29) is 24.0 Å². The van der Waals surface area contributed by atoms with Crippen LogP contribution in [0.4, 0.5) is 0 Å². The zero-order valence-corrected chi connectivity index (χ0v) is 13.2. The summed E-state index contributed by atoms with van der Waals surface area (Å²) in [6.45, 7) is 2.34. The summed E-state index contributed by atoms with van der Waals surface area (Å²) in [5, 5.41) is 0.874. The fourth-order valence-electron chi connectivity index (χ4n) is 3.88. The average Bonchev–Trinajstić information content (AvgIpc) is 3.25. The van der Waals surface area contributed by atoms with E-state index in [9.17, 15) is 14.4 Å². The molecule has 4 rings (SSSR count). The molecule has 0 aliphatic carbocycles. The molecule has 1 aromatic rings. The number of hydrogen-bond donors (Lipinski definition) is 1. The van der Waals surface area contributed by atoms with Crippen molar-refractivity contribution in [1.82, 2.24) is 10.4 Å². The summed E-state index contributed by atoms with van der Waals surface area (Å²) in [6.07, 6.45) is 1.20. The van der Waals surface area contributed by atoms with Crippen molar-refractivity contribution in [1.29, 1.82) is 0 Å². The molecule has 3 aliphatic rings.